The van der Waals surface area contributed by atoms with Gasteiger partial charge in [0.15, 0.2) is 5.82 Å². The molecule has 0 N–H and O–H groups in total. The van der Waals surface area contributed by atoms with Crippen LogP contribution >= 0.6 is 0 Å². The van der Waals surface area contributed by atoms with E-state index in [1.165, 1.54) is 0 Å². The van der Waals surface area contributed by atoms with Crippen LogP contribution in [0, 0.1) is 11.3 Å². The molecule has 6 nitrogen and oxygen atoms in total. The molecule has 0 aliphatic heterocycles. The molecule has 0 aliphatic carbocycles. The van der Waals surface area contributed by atoms with Gasteiger partial charge in [0, 0.05) is 43.9 Å². The Morgan fingerprint density at radius 2 is 0.983 bits per heavy atom. The second kappa shape index (κ2) is 12.9. The molecule has 0 saturated carbocycles. The average molecular weight is 754 g/mol. The van der Waals surface area contributed by atoms with Crippen molar-refractivity contribution >= 4 is 65.6 Å². The van der Waals surface area contributed by atoms with Crippen LogP contribution in [0.5, 0.6) is 0 Å². The van der Waals surface area contributed by atoms with Gasteiger partial charge in [-0.15, -0.1) is 0 Å². The fourth-order valence-electron chi connectivity index (χ4n) is 9.02. The van der Waals surface area contributed by atoms with Crippen molar-refractivity contribution in [3.63, 3.8) is 0 Å². The highest BCUT2D eigenvalue weighted by Gasteiger charge is 2.28. The van der Waals surface area contributed by atoms with Crippen LogP contribution in [0.15, 0.2) is 192 Å². The molecule has 274 valence electrons. The predicted molar refractivity (Wildman–Crippen MR) is 239 cm³/mol. The molecule has 0 atom stereocenters. The van der Waals surface area contributed by atoms with Gasteiger partial charge < -0.3 is 13.6 Å². The zero-order valence-corrected chi connectivity index (χ0v) is 31.5. The van der Waals surface area contributed by atoms with Crippen LogP contribution in [0.2, 0.25) is 0 Å². The van der Waals surface area contributed by atoms with Gasteiger partial charge in [-0.2, -0.15) is 5.26 Å². The maximum absolute atomic E-state index is 11.1. The normalized spacial score (nSPS) is 11.7. The third-order valence-electron chi connectivity index (χ3n) is 11.5. The largest absolute Gasteiger partial charge is 0.455 e. The van der Waals surface area contributed by atoms with E-state index in [1.807, 2.05) is 72.8 Å². The van der Waals surface area contributed by atoms with Gasteiger partial charge in [-0.05, 0) is 54.6 Å². The molecule has 0 amide bonds. The SMILES string of the molecule is N#Cc1cc(-c2nc(-c3ccccc3)cc(-c3ccccc3)n2)ccc1-n1c2ccccc2c2c3oc4ccccc4c3c3c(c4ccccc4n3-c3ccccc3)c21. The van der Waals surface area contributed by atoms with Gasteiger partial charge in [-0.1, -0.05) is 133 Å². The lowest BCUT2D eigenvalue weighted by Crippen LogP contribution is -2.00. The second-order valence-corrected chi connectivity index (χ2v) is 14.8. The van der Waals surface area contributed by atoms with Crippen LogP contribution in [0.4, 0.5) is 0 Å². The zero-order valence-electron chi connectivity index (χ0n) is 31.5. The van der Waals surface area contributed by atoms with Crippen molar-refractivity contribution in [2.24, 2.45) is 0 Å². The van der Waals surface area contributed by atoms with Gasteiger partial charge in [-0.3, -0.25) is 0 Å². The Bertz CT molecular complexity index is 3610. The highest BCUT2D eigenvalue weighted by Crippen LogP contribution is 2.49. The monoisotopic (exact) mass is 753 g/mol. The van der Waals surface area contributed by atoms with Gasteiger partial charge in [0.1, 0.15) is 17.2 Å². The predicted octanol–water partition coefficient (Wildman–Crippen LogP) is 13.4. The molecule has 59 heavy (non-hydrogen) atoms. The van der Waals surface area contributed by atoms with Crippen molar-refractivity contribution in [2.45, 2.75) is 0 Å². The van der Waals surface area contributed by atoms with Crippen molar-refractivity contribution in [3.05, 3.63) is 194 Å². The summed E-state index contributed by atoms with van der Waals surface area (Å²) in [5, 5.41) is 17.5. The summed E-state index contributed by atoms with van der Waals surface area (Å²) in [6.07, 6.45) is 0. The molecule has 0 saturated heterocycles. The number of hydrogen-bond acceptors (Lipinski definition) is 4. The second-order valence-electron chi connectivity index (χ2n) is 14.8. The Morgan fingerprint density at radius 1 is 0.458 bits per heavy atom. The van der Waals surface area contributed by atoms with Crippen LogP contribution in [0.25, 0.3) is 111 Å². The molecule has 0 fully saturated rings. The fourth-order valence-corrected chi connectivity index (χ4v) is 9.02. The van der Waals surface area contributed by atoms with Gasteiger partial charge in [0.2, 0.25) is 0 Å². The summed E-state index contributed by atoms with van der Waals surface area (Å²) in [5.41, 5.74) is 12.4. The van der Waals surface area contributed by atoms with E-state index in [9.17, 15) is 5.26 Å². The van der Waals surface area contributed by atoms with Crippen LogP contribution in [0.1, 0.15) is 5.56 Å². The number of benzene rings is 8. The van der Waals surface area contributed by atoms with E-state index in [2.05, 4.69) is 130 Å². The molecule has 0 radical (unpaired) electrons. The quantitative estimate of drug-likeness (QED) is 0.175. The number of rotatable bonds is 5. The number of aromatic nitrogens is 4. The Labute approximate surface area is 338 Å². The van der Waals surface area contributed by atoms with Crippen molar-refractivity contribution < 1.29 is 4.42 Å². The minimum Gasteiger partial charge on any atom is -0.455 e. The summed E-state index contributed by atoms with van der Waals surface area (Å²) >= 11 is 0. The maximum Gasteiger partial charge on any atom is 0.160 e. The first-order valence-corrected chi connectivity index (χ1v) is 19.6. The molecule has 0 aliphatic rings. The Morgan fingerprint density at radius 3 is 1.64 bits per heavy atom. The van der Waals surface area contributed by atoms with Gasteiger partial charge in [0.25, 0.3) is 0 Å². The maximum atomic E-state index is 11.1. The molecular formula is C53H31N5O. The van der Waals surface area contributed by atoms with E-state index in [0.29, 0.717) is 11.4 Å². The minimum atomic E-state index is 0.504. The summed E-state index contributed by atoms with van der Waals surface area (Å²) in [5.74, 6) is 0.549. The Balaban J connectivity index is 1.20. The van der Waals surface area contributed by atoms with E-state index in [0.717, 1.165) is 105 Å². The average Bonchev–Trinajstić information content (AvgIpc) is 3.97. The van der Waals surface area contributed by atoms with Gasteiger partial charge >= 0.3 is 0 Å². The molecule has 4 aromatic heterocycles. The molecule has 0 bridgehead atoms. The number of hydrogen-bond donors (Lipinski definition) is 0. The first kappa shape index (κ1) is 32.9. The van der Waals surface area contributed by atoms with E-state index in [4.69, 9.17) is 14.4 Å². The smallest absolute Gasteiger partial charge is 0.160 e. The number of fused-ring (bicyclic) bond motifs is 12. The Kier molecular flexibility index (Phi) is 7.19. The summed E-state index contributed by atoms with van der Waals surface area (Å²) in [4.78, 5) is 10.2. The standard InChI is InChI=1S/C53H31N5O/c54-32-36-30-35(53-55-41(33-16-4-1-5-17-33)31-42(56-53)34-18-6-2-7-19-34)28-29-43(36)58-45-26-14-11-23-39(45)48-51(58)47-38-22-10-13-25-44(38)57(37-20-8-3-9-21-37)50(47)49-40-24-12-15-27-46(40)59-52(48)49/h1-31H. The molecule has 4 heterocycles. The Hall–Kier alpha value is -8.27. The zero-order chi connectivity index (χ0) is 39.0. The van der Waals surface area contributed by atoms with E-state index < -0.39 is 0 Å². The highest BCUT2D eigenvalue weighted by molar-refractivity contribution is 6.39. The third kappa shape index (κ3) is 4.92. The fraction of sp³-hybridized carbons (Fsp3) is 0. The topological polar surface area (TPSA) is 72.6 Å². The molecule has 12 aromatic rings. The van der Waals surface area contributed by atoms with E-state index in [-0.39, 0.29) is 0 Å². The number of nitrogens with zero attached hydrogens (tertiary/aromatic N) is 5. The third-order valence-corrected chi connectivity index (χ3v) is 11.5. The minimum absolute atomic E-state index is 0.504. The molecule has 0 unspecified atom stereocenters. The summed E-state index contributed by atoms with van der Waals surface area (Å²) in [6.45, 7) is 0. The van der Waals surface area contributed by atoms with Crippen LogP contribution in [0.3, 0.4) is 0 Å². The van der Waals surface area contributed by atoms with Crippen LogP contribution in [-0.4, -0.2) is 19.1 Å². The lowest BCUT2D eigenvalue weighted by atomic mass is 10.0. The number of furan rings is 1. The van der Waals surface area contributed by atoms with Crippen molar-refractivity contribution in [2.75, 3.05) is 0 Å². The van der Waals surface area contributed by atoms with Gasteiger partial charge in [0.05, 0.1) is 55.5 Å². The van der Waals surface area contributed by atoms with Crippen molar-refractivity contribution in [1.29, 1.82) is 5.26 Å². The first-order valence-electron chi connectivity index (χ1n) is 19.6. The van der Waals surface area contributed by atoms with E-state index in [1.54, 1.807) is 0 Å². The van der Waals surface area contributed by atoms with Crippen molar-refractivity contribution in [1.82, 2.24) is 19.1 Å². The summed E-state index contributed by atoms with van der Waals surface area (Å²) < 4.78 is 11.6. The molecular weight excluding hydrogens is 723 g/mol. The first-order chi connectivity index (χ1) is 29.2. The molecule has 6 heteroatoms. The molecule has 0 spiro atoms. The van der Waals surface area contributed by atoms with E-state index >= 15 is 0 Å². The van der Waals surface area contributed by atoms with Crippen molar-refractivity contribution in [3.8, 4) is 51.3 Å². The number of para-hydroxylation sites is 4. The van der Waals surface area contributed by atoms with Crippen LogP contribution in [-0.2, 0) is 0 Å². The summed E-state index contributed by atoms with van der Waals surface area (Å²) in [7, 11) is 0. The van der Waals surface area contributed by atoms with Crippen LogP contribution < -0.4 is 0 Å². The molecule has 12 rings (SSSR count). The number of nitriles is 1. The summed E-state index contributed by atoms with van der Waals surface area (Å²) in [6, 6.07) is 66.8. The molecule has 8 aromatic carbocycles. The lowest BCUT2D eigenvalue weighted by Gasteiger charge is -2.14. The lowest BCUT2D eigenvalue weighted by molar-refractivity contribution is 0.673. The highest BCUT2D eigenvalue weighted by atomic mass is 16.3. The van der Waals surface area contributed by atoms with Gasteiger partial charge in [-0.25, -0.2) is 9.97 Å².